The largest absolute Gasteiger partial charge is 0.395 e. The number of aromatic amines is 1. The second kappa shape index (κ2) is 9.88. The number of hydrogen-bond donors (Lipinski definition) is 3. The van der Waals surface area contributed by atoms with E-state index in [0.29, 0.717) is 11.5 Å². The Morgan fingerprint density at radius 2 is 1.91 bits per heavy atom. The third-order valence-corrected chi connectivity index (χ3v) is 5.73. The Labute approximate surface area is 186 Å². The number of anilines is 1. The van der Waals surface area contributed by atoms with Crippen LogP contribution >= 0.6 is 0 Å². The summed E-state index contributed by atoms with van der Waals surface area (Å²) in [6, 6.07) is 8.22. The molecule has 3 N–H and O–H groups in total. The molecule has 1 fully saturated rings. The molecule has 0 radical (unpaired) electrons. The molecule has 1 aliphatic heterocycles. The lowest BCUT2D eigenvalue weighted by Crippen LogP contribution is -2.46. The average Bonchev–Trinajstić information content (AvgIpc) is 2.82. The number of aromatic nitrogens is 3. The quantitative estimate of drug-likeness (QED) is 0.505. The molecule has 0 saturated carbocycles. The van der Waals surface area contributed by atoms with Gasteiger partial charge in [-0.3, -0.25) is 14.5 Å². The van der Waals surface area contributed by atoms with E-state index in [2.05, 4.69) is 48.3 Å². The van der Waals surface area contributed by atoms with Gasteiger partial charge in [0.05, 0.1) is 12.2 Å². The van der Waals surface area contributed by atoms with Crippen molar-refractivity contribution in [2.75, 3.05) is 44.2 Å². The Hall–Kier alpha value is -3.30. The van der Waals surface area contributed by atoms with Gasteiger partial charge >= 0.3 is 0 Å². The van der Waals surface area contributed by atoms with Gasteiger partial charge in [-0.1, -0.05) is 19.1 Å². The van der Waals surface area contributed by atoms with Gasteiger partial charge in [0.15, 0.2) is 0 Å². The molecule has 9 nitrogen and oxygen atoms in total. The molecule has 168 valence electrons. The van der Waals surface area contributed by atoms with Gasteiger partial charge in [-0.2, -0.15) is 0 Å². The normalized spacial score (nSPS) is 14.6. The van der Waals surface area contributed by atoms with Crippen LogP contribution in [0.25, 0.3) is 10.9 Å². The summed E-state index contributed by atoms with van der Waals surface area (Å²) in [5.41, 5.74) is 3.21. The first-order valence-corrected chi connectivity index (χ1v) is 10.9. The first-order chi connectivity index (χ1) is 15.6. The fourth-order valence-corrected chi connectivity index (χ4v) is 3.89. The number of aliphatic hydroxyl groups excluding tert-OH is 1. The summed E-state index contributed by atoms with van der Waals surface area (Å²) < 4.78 is 0. The van der Waals surface area contributed by atoms with E-state index in [1.54, 1.807) is 0 Å². The van der Waals surface area contributed by atoms with E-state index in [9.17, 15) is 9.59 Å². The van der Waals surface area contributed by atoms with Crippen molar-refractivity contribution in [2.45, 2.75) is 19.9 Å². The molecule has 0 spiro atoms. The van der Waals surface area contributed by atoms with E-state index in [1.807, 2.05) is 13.0 Å². The highest BCUT2D eigenvalue weighted by atomic mass is 16.3. The highest BCUT2D eigenvalue weighted by molar-refractivity contribution is 5.93. The predicted octanol–water partition coefficient (Wildman–Crippen LogP) is 0.925. The first kappa shape index (κ1) is 21.9. The number of fused-ring (bicyclic) bond motifs is 1. The second-order valence-electron chi connectivity index (χ2n) is 7.91. The van der Waals surface area contributed by atoms with Crippen molar-refractivity contribution in [1.29, 1.82) is 0 Å². The van der Waals surface area contributed by atoms with Crippen molar-refractivity contribution in [3.05, 3.63) is 63.7 Å². The van der Waals surface area contributed by atoms with E-state index in [-0.39, 0.29) is 24.6 Å². The minimum Gasteiger partial charge on any atom is -0.395 e. The van der Waals surface area contributed by atoms with Gasteiger partial charge in [0.25, 0.3) is 11.5 Å². The van der Waals surface area contributed by atoms with Crippen LogP contribution in [0.5, 0.6) is 0 Å². The topological polar surface area (TPSA) is 114 Å². The summed E-state index contributed by atoms with van der Waals surface area (Å²) in [4.78, 5) is 40.2. The van der Waals surface area contributed by atoms with E-state index >= 15 is 0 Å². The molecule has 32 heavy (non-hydrogen) atoms. The lowest BCUT2D eigenvalue weighted by Gasteiger charge is -2.34. The van der Waals surface area contributed by atoms with Crippen molar-refractivity contribution in [3.63, 3.8) is 0 Å². The van der Waals surface area contributed by atoms with Gasteiger partial charge in [-0.15, -0.1) is 0 Å². The number of nitrogens with one attached hydrogen (secondary N) is 2. The molecule has 0 unspecified atom stereocenters. The maximum absolute atomic E-state index is 12.1. The number of piperazine rings is 1. The van der Waals surface area contributed by atoms with Crippen LogP contribution in [-0.2, 0) is 13.0 Å². The van der Waals surface area contributed by atoms with Crippen LogP contribution in [0.15, 0.2) is 41.5 Å². The van der Waals surface area contributed by atoms with Gasteiger partial charge < -0.3 is 20.3 Å². The number of rotatable bonds is 7. The van der Waals surface area contributed by atoms with Crippen molar-refractivity contribution in [1.82, 2.24) is 25.2 Å². The van der Waals surface area contributed by atoms with Crippen molar-refractivity contribution in [2.24, 2.45) is 0 Å². The molecule has 0 atom stereocenters. The van der Waals surface area contributed by atoms with E-state index in [0.717, 1.165) is 55.6 Å². The van der Waals surface area contributed by atoms with Gasteiger partial charge in [0, 0.05) is 62.7 Å². The summed E-state index contributed by atoms with van der Waals surface area (Å²) in [7, 11) is 0. The number of amides is 1. The first-order valence-electron chi connectivity index (χ1n) is 10.9. The molecule has 0 aliphatic carbocycles. The Bertz CT molecular complexity index is 1140. The van der Waals surface area contributed by atoms with Gasteiger partial charge in [0.2, 0.25) is 5.95 Å². The minimum atomic E-state index is -0.293. The molecule has 1 saturated heterocycles. The molecule has 0 bridgehead atoms. The minimum absolute atomic E-state index is 0.0114. The Balaban J connectivity index is 1.35. The highest BCUT2D eigenvalue weighted by Crippen LogP contribution is 2.17. The van der Waals surface area contributed by atoms with Crippen molar-refractivity contribution < 1.29 is 9.90 Å². The van der Waals surface area contributed by atoms with Crippen LogP contribution in [0.1, 0.15) is 28.4 Å². The number of aryl methyl sites for hydroxylation is 1. The zero-order valence-corrected chi connectivity index (χ0v) is 18.2. The van der Waals surface area contributed by atoms with Crippen molar-refractivity contribution >= 4 is 22.8 Å². The molecule has 2 aromatic heterocycles. The van der Waals surface area contributed by atoms with E-state index in [4.69, 9.17) is 5.11 Å². The Morgan fingerprint density at radius 3 is 2.59 bits per heavy atom. The zero-order valence-electron chi connectivity index (χ0n) is 18.2. The molecule has 1 aromatic carbocycles. The Kier molecular flexibility index (Phi) is 6.77. The summed E-state index contributed by atoms with van der Waals surface area (Å²) in [6.45, 7) is 6.21. The monoisotopic (exact) mass is 436 g/mol. The summed E-state index contributed by atoms with van der Waals surface area (Å²) in [5.74, 6) is 0.316. The fourth-order valence-electron chi connectivity index (χ4n) is 3.89. The van der Waals surface area contributed by atoms with Crippen LogP contribution in [0.4, 0.5) is 5.95 Å². The SMILES string of the molecule is CCc1cc2ccc(CN3CCN(c4ncc(C(=O)NCCO)cn4)CC3)cc2[nH]c1=O. The predicted molar refractivity (Wildman–Crippen MR) is 123 cm³/mol. The van der Waals surface area contributed by atoms with Crippen LogP contribution in [0.2, 0.25) is 0 Å². The number of nitrogens with zero attached hydrogens (tertiary/aromatic N) is 4. The zero-order chi connectivity index (χ0) is 22.5. The maximum Gasteiger partial charge on any atom is 0.254 e. The van der Waals surface area contributed by atoms with Gasteiger partial charge in [0.1, 0.15) is 0 Å². The average molecular weight is 437 g/mol. The number of carbonyl (C=O) groups excluding carboxylic acids is 1. The molecular formula is C23H28N6O3. The standard InChI is InChI=1S/C23H28N6O3/c1-2-17-12-18-4-3-16(11-20(18)27-22(17)32)15-28-6-8-29(9-7-28)23-25-13-19(14-26-23)21(31)24-5-10-30/h3-4,11-14,30H,2,5-10,15H2,1H3,(H,24,31)(H,27,32). The molecule has 9 heteroatoms. The number of hydrogen-bond acceptors (Lipinski definition) is 7. The Morgan fingerprint density at radius 1 is 1.16 bits per heavy atom. The summed E-state index contributed by atoms with van der Waals surface area (Å²) >= 11 is 0. The smallest absolute Gasteiger partial charge is 0.254 e. The van der Waals surface area contributed by atoms with Crippen LogP contribution in [0, 0.1) is 0 Å². The molecular weight excluding hydrogens is 408 g/mol. The molecule has 4 rings (SSSR count). The summed E-state index contributed by atoms with van der Waals surface area (Å²) in [6.07, 6.45) is 3.75. The van der Waals surface area contributed by atoms with Crippen LogP contribution < -0.4 is 15.8 Å². The maximum atomic E-state index is 12.1. The summed E-state index contributed by atoms with van der Waals surface area (Å²) in [5, 5.41) is 12.4. The lowest BCUT2D eigenvalue weighted by molar-refractivity contribution is 0.0944. The highest BCUT2D eigenvalue weighted by Gasteiger charge is 2.19. The number of aliphatic hydroxyl groups is 1. The number of H-pyrrole nitrogens is 1. The van der Waals surface area contributed by atoms with E-state index in [1.165, 1.54) is 18.0 Å². The lowest BCUT2D eigenvalue weighted by atomic mass is 10.1. The molecule has 1 aliphatic rings. The van der Waals surface area contributed by atoms with Crippen LogP contribution in [0.3, 0.4) is 0 Å². The van der Waals surface area contributed by atoms with Gasteiger partial charge in [-0.05, 0) is 29.5 Å². The third-order valence-electron chi connectivity index (χ3n) is 5.73. The number of benzene rings is 1. The number of carbonyl (C=O) groups is 1. The van der Waals surface area contributed by atoms with Crippen molar-refractivity contribution in [3.8, 4) is 0 Å². The second-order valence-corrected chi connectivity index (χ2v) is 7.91. The van der Waals surface area contributed by atoms with Crippen LogP contribution in [-0.4, -0.2) is 70.2 Å². The number of pyridine rings is 1. The third kappa shape index (κ3) is 4.95. The molecule has 1 amide bonds. The van der Waals surface area contributed by atoms with Gasteiger partial charge in [-0.25, -0.2) is 9.97 Å². The fraction of sp³-hybridized carbons (Fsp3) is 0.391. The molecule has 3 heterocycles. The van der Waals surface area contributed by atoms with E-state index < -0.39 is 0 Å². The molecule has 3 aromatic rings.